The molecule has 0 aliphatic carbocycles. The Bertz CT molecular complexity index is 398. The zero-order valence-electron chi connectivity index (χ0n) is 12.4. The largest absolute Gasteiger partial charge is 0.369 e. The number of nitrogens with two attached hydrogens (primary N) is 1. The molecule has 2 atom stereocenters. The van der Waals surface area contributed by atoms with Crippen molar-refractivity contribution in [3.8, 4) is 0 Å². The number of benzene rings is 1. The van der Waals surface area contributed by atoms with Crippen molar-refractivity contribution in [2.75, 3.05) is 6.54 Å². The van der Waals surface area contributed by atoms with Gasteiger partial charge in [0.05, 0.1) is 6.54 Å². The summed E-state index contributed by atoms with van der Waals surface area (Å²) in [4.78, 5) is 10.9. The minimum absolute atomic E-state index is 0.165. The standard InChI is InChI=1S/C16H26N2O/c1-5-12(4)13-6-8-14(9-7-13)16(11(2)3)18-10-15(17)19/h6-9,11-12,16,18H,5,10H2,1-4H3,(H2,17,19). The Morgan fingerprint density at radius 2 is 1.68 bits per heavy atom. The normalized spacial score (nSPS) is 14.4. The Labute approximate surface area is 116 Å². The van der Waals surface area contributed by atoms with Crippen LogP contribution in [0, 0.1) is 5.92 Å². The topological polar surface area (TPSA) is 55.1 Å². The summed E-state index contributed by atoms with van der Waals surface area (Å²) in [5, 5.41) is 3.22. The van der Waals surface area contributed by atoms with Crippen molar-refractivity contribution in [1.29, 1.82) is 0 Å². The zero-order valence-corrected chi connectivity index (χ0v) is 12.4. The van der Waals surface area contributed by atoms with E-state index in [1.165, 1.54) is 11.1 Å². The molecule has 0 heterocycles. The number of amides is 1. The third-order valence-electron chi connectivity index (χ3n) is 3.64. The molecule has 3 nitrogen and oxygen atoms in total. The van der Waals surface area contributed by atoms with E-state index in [4.69, 9.17) is 5.73 Å². The third-order valence-corrected chi connectivity index (χ3v) is 3.64. The van der Waals surface area contributed by atoms with Crippen molar-refractivity contribution in [1.82, 2.24) is 5.32 Å². The summed E-state index contributed by atoms with van der Waals surface area (Å²) < 4.78 is 0. The molecular formula is C16H26N2O. The fourth-order valence-electron chi connectivity index (χ4n) is 2.22. The van der Waals surface area contributed by atoms with Crippen LogP contribution in [0.15, 0.2) is 24.3 Å². The Kier molecular flexibility index (Phi) is 6.03. The van der Waals surface area contributed by atoms with Crippen LogP contribution in [-0.4, -0.2) is 12.5 Å². The van der Waals surface area contributed by atoms with Gasteiger partial charge in [0.1, 0.15) is 0 Å². The van der Waals surface area contributed by atoms with E-state index in [1.807, 2.05) is 0 Å². The minimum atomic E-state index is -0.318. The predicted molar refractivity (Wildman–Crippen MR) is 79.9 cm³/mol. The van der Waals surface area contributed by atoms with Gasteiger partial charge in [-0.1, -0.05) is 52.0 Å². The number of hydrogen-bond donors (Lipinski definition) is 2. The van der Waals surface area contributed by atoms with E-state index >= 15 is 0 Å². The molecule has 0 saturated carbocycles. The first-order valence-corrected chi connectivity index (χ1v) is 7.07. The van der Waals surface area contributed by atoms with Crippen LogP contribution in [0.25, 0.3) is 0 Å². The molecule has 1 amide bonds. The van der Waals surface area contributed by atoms with E-state index in [0.717, 1.165) is 6.42 Å². The van der Waals surface area contributed by atoms with Crippen molar-refractivity contribution < 1.29 is 4.79 Å². The molecule has 0 aliphatic heterocycles. The third kappa shape index (κ3) is 4.67. The van der Waals surface area contributed by atoms with Crippen LogP contribution >= 0.6 is 0 Å². The molecule has 3 heteroatoms. The molecule has 0 radical (unpaired) electrons. The van der Waals surface area contributed by atoms with E-state index in [9.17, 15) is 4.79 Å². The van der Waals surface area contributed by atoms with Crippen molar-refractivity contribution in [3.05, 3.63) is 35.4 Å². The summed E-state index contributed by atoms with van der Waals surface area (Å²) in [5.41, 5.74) is 7.78. The number of carbonyl (C=O) groups is 1. The molecule has 0 spiro atoms. The smallest absolute Gasteiger partial charge is 0.231 e. The molecule has 3 N–H and O–H groups in total. The molecule has 0 bridgehead atoms. The first-order chi connectivity index (χ1) is 8.95. The minimum Gasteiger partial charge on any atom is -0.369 e. The Morgan fingerprint density at radius 3 is 2.11 bits per heavy atom. The molecule has 1 aromatic carbocycles. The maximum atomic E-state index is 10.9. The summed E-state index contributed by atoms with van der Waals surface area (Å²) >= 11 is 0. The quantitative estimate of drug-likeness (QED) is 0.793. The van der Waals surface area contributed by atoms with E-state index < -0.39 is 0 Å². The van der Waals surface area contributed by atoms with Crippen LogP contribution < -0.4 is 11.1 Å². The average Bonchev–Trinajstić information content (AvgIpc) is 2.38. The maximum Gasteiger partial charge on any atom is 0.231 e. The highest BCUT2D eigenvalue weighted by molar-refractivity contribution is 5.75. The van der Waals surface area contributed by atoms with Crippen LogP contribution in [-0.2, 0) is 4.79 Å². The van der Waals surface area contributed by atoms with Gasteiger partial charge in [0.25, 0.3) is 0 Å². The molecule has 0 aromatic heterocycles. The van der Waals surface area contributed by atoms with Gasteiger partial charge in [-0.2, -0.15) is 0 Å². The number of nitrogens with one attached hydrogen (secondary N) is 1. The van der Waals surface area contributed by atoms with E-state index in [2.05, 4.69) is 57.3 Å². The van der Waals surface area contributed by atoms with Crippen molar-refractivity contribution in [2.45, 2.75) is 46.1 Å². The lowest BCUT2D eigenvalue weighted by Gasteiger charge is -2.23. The van der Waals surface area contributed by atoms with Crippen molar-refractivity contribution >= 4 is 5.91 Å². The fourth-order valence-corrected chi connectivity index (χ4v) is 2.22. The summed E-state index contributed by atoms with van der Waals surface area (Å²) in [6.07, 6.45) is 1.15. The molecule has 0 fully saturated rings. The average molecular weight is 262 g/mol. The molecule has 1 aromatic rings. The fraction of sp³-hybridized carbons (Fsp3) is 0.562. The Morgan fingerprint density at radius 1 is 1.16 bits per heavy atom. The van der Waals surface area contributed by atoms with Gasteiger partial charge >= 0.3 is 0 Å². The SMILES string of the molecule is CCC(C)c1ccc(C(NCC(N)=O)C(C)C)cc1. The Balaban J connectivity index is 2.82. The molecule has 1 rings (SSSR count). The second-order valence-corrected chi connectivity index (χ2v) is 5.54. The first kappa shape index (κ1) is 15.7. The highest BCUT2D eigenvalue weighted by Crippen LogP contribution is 2.25. The number of rotatable bonds is 7. The second-order valence-electron chi connectivity index (χ2n) is 5.54. The highest BCUT2D eigenvalue weighted by Gasteiger charge is 2.16. The van der Waals surface area contributed by atoms with Gasteiger partial charge in [0, 0.05) is 6.04 Å². The highest BCUT2D eigenvalue weighted by atomic mass is 16.1. The van der Waals surface area contributed by atoms with Gasteiger partial charge in [-0.25, -0.2) is 0 Å². The van der Waals surface area contributed by atoms with Crippen LogP contribution in [0.2, 0.25) is 0 Å². The molecular weight excluding hydrogens is 236 g/mol. The van der Waals surface area contributed by atoms with Crippen LogP contribution in [0.3, 0.4) is 0 Å². The first-order valence-electron chi connectivity index (χ1n) is 7.07. The number of primary amides is 1. The lowest BCUT2D eigenvalue weighted by molar-refractivity contribution is -0.117. The monoisotopic (exact) mass is 262 g/mol. The maximum absolute atomic E-state index is 10.9. The van der Waals surface area contributed by atoms with E-state index in [0.29, 0.717) is 11.8 Å². The summed E-state index contributed by atoms with van der Waals surface area (Å²) in [6, 6.07) is 8.84. The van der Waals surface area contributed by atoms with Crippen LogP contribution in [0.4, 0.5) is 0 Å². The Hall–Kier alpha value is -1.35. The van der Waals surface area contributed by atoms with Gasteiger partial charge < -0.3 is 11.1 Å². The molecule has 106 valence electrons. The van der Waals surface area contributed by atoms with Crippen LogP contribution in [0.5, 0.6) is 0 Å². The number of hydrogen-bond acceptors (Lipinski definition) is 2. The van der Waals surface area contributed by atoms with Gasteiger partial charge in [0.15, 0.2) is 0 Å². The van der Waals surface area contributed by atoms with Crippen molar-refractivity contribution in [3.63, 3.8) is 0 Å². The summed E-state index contributed by atoms with van der Waals surface area (Å²) in [7, 11) is 0. The second kappa shape index (κ2) is 7.29. The predicted octanol–water partition coefficient (Wildman–Crippen LogP) is 2.97. The van der Waals surface area contributed by atoms with Gasteiger partial charge in [-0.3, -0.25) is 4.79 Å². The van der Waals surface area contributed by atoms with Crippen LogP contribution in [0.1, 0.15) is 57.2 Å². The van der Waals surface area contributed by atoms with E-state index in [-0.39, 0.29) is 18.5 Å². The lowest BCUT2D eigenvalue weighted by atomic mass is 9.92. The zero-order chi connectivity index (χ0) is 14.4. The molecule has 19 heavy (non-hydrogen) atoms. The molecule has 0 saturated heterocycles. The lowest BCUT2D eigenvalue weighted by Crippen LogP contribution is -2.34. The number of carbonyl (C=O) groups excluding carboxylic acids is 1. The van der Waals surface area contributed by atoms with Crippen molar-refractivity contribution in [2.24, 2.45) is 11.7 Å². The van der Waals surface area contributed by atoms with E-state index in [1.54, 1.807) is 0 Å². The molecule has 2 unspecified atom stereocenters. The summed E-state index contributed by atoms with van der Waals surface area (Å²) in [5.74, 6) is 0.681. The molecule has 0 aliphatic rings. The summed E-state index contributed by atoms with van der Waals surface area (Å²) in [6.45, 7) is 8.93. The van der Waals surface area contributed by atoms with Gasteiger partial charge in [0.2, 0.25) is 5.91 Å². The van der Waals surface area contributed by atoms with Gasteiger partial charge in [-0.05, 0) is 29.4 Å². The van der Waals surface area contributed by atoms with Gasteiger partial charge in [-0.15, -0.1) is 0 Å².